The number of carbonyl (C=O) groups excluding carboxylic acids is 2. The topological polar surface area (TPSA) is 73.9 Å². The smallest absolute Gasteiger partial charge is 0.344 e. The molecule has 1 fully saturated rings. The van der Waals surface area contributed by atoms with Gasteiger partial charge in [-0.25, -0.2) is 13.6 Å². The summed E-state index contributed by atoms with van der Waals surface area (Å²) in [6.07, 6.45) is 1.40. The molecule has 2 rings (SSSR count). The van der Waals surface area contributed by atoms with Crippen LogP contribution in [-0.4, -0.2) is 31.4 Å². The average molecular weight is 385 g/mol. The summed E-state index contributed by atoms with van der Waals surface area (Å²) in [7, 11) is 0. The second-order valence-electron chi connectivity index (χ2n) is 7.26. The Balaban J connectivity index is 2.51. The number of nitrogens with one attached hydrogen (secondary N) is 1. The van der Waals surface area contributed by atoms with Crippen LogP contribution in [0.4, 0.5) is 14.5 Å². The number of carbonyl (C=O) groups is 2. The van der Waals surface area contributed by atoms with Gasteiger partial charge in [0.15, 0.2) is 23.7 Å². The van der Waals surface area contributed by atoms with Gasteiger partial charge in [0.25, 0.3) is 0 Å². The summed E-state index contributed by atoms with van der Waals surface area (Å²) in [4.78, 5) is 24.8. The van der Waals surface area contributed by atoms with Crippen molar-refractivity contribution in [1.82, 2.24) is 0 Å². The largest absolute Gasteiger partial charge is 0.462 e. The normalized spacial score (nSPS) is 17.3. The standard InChI is InChI=1S/C19H25F2NO5/c1-5-25-17(23)14-15(22-18(24)19(2,3)4)11(20)10-12(21)16(14)27-13-8-6-7-9-26-13/h10,13H,5-9H2,1-4H3,(H,22,24). The zero-order chi connectivity index (χ0) is 20.2. The van der Waals surface area contributed by atoms with Crippen molar-refractivity contribution in [2.75, 3.05) is 18.5 Å². The fourth-order valence-electron chi connectivity index (χ4n) is 2.47. The van der Waals surface area contributed by atoms with Gasteiger partial charge in [-0.15, -0.1) is 0 Å². The minimum atomic E-state index is -1.09. The summed E-state index contributed by atoms with van der Waals surface area (Å²) in [5.74, 6) is -4.20. The minimum Gasteiger partial charge on any atom is -0.462 e. The fourth-order valence-corrected chi connectivity index (χ4v) is 2.47. The summed E-state index contributed by atoms with van der Waals surface area (Å²) in [5.41, 5.74) is -1.83. The lowest BCUT2D eigenvalue weighted by Gasteiger charge is -2.26. The highest BCUT2D eigenvalue weighted by atomic mass is 19.1. The molecule has 1 amide bonds. The molecule has 0 aromatic heterocycles. The number of ether oxygens (including phenoxy) is 3. The molecule has 1 unspecified atom stereocenters. The van der Waals surface area contributed by atoms with Gasteiger partial charge in [-0.1, -0.05) is 20.8 Å². The Labute approximate surface area is 157 Å². The van der Waals surface area contributed by atoms with Gasteiger partial charge in [0, 0.05) is 17.9 Å². The molecule has 0 bridgehead atoms. The molecule has 8 heteroatoms. The Morgan fingerprint density at radius 1 is 1.26 bits per heavy atom. The predicted molar refractivity (Wildman–Crippen MR) is 94.6 cm³/mol. The zero-order valence-electron chi connectivity index (χ0n) is 16.0. The Morgan fingerprint density at radius 2 is 1.96 bits per heavy atom. The molecule has 0 aliphatic carbocycles. The highest BCUT2D eigenvalue weighted by Crippen LogP contribution is 2.36. The first-order valence-corrected chi connectivity index (χ1v) is 8.94. The number of benzene rings is 1. The first kappa shape index (κ1) is 21.1. The highest BCUT2D eigenvalue weighted by Gasteiger charge is 2.32. The highest BCUT2D eigenvalue weighted by molar-refractivity contribution is 6.04. The van der Waals surface area contributed by atoms with E-state index in [1.54, 1.807) is 27.7 Å². The molecule has 1 aliphatic rings. The van der Waals surface area contributed by atoms with Gasteiger partial charge in [0.1, 0.15) is 5.56 Å². The average Bonchev–Trinajstić information content (AvgIpc) is 2.59. The van der Waals surface area contributed by atoms with Gasteiger partial charge in [-0.3, -0.25) is 4.79 Å². The van der Waals surface area contributed by atoms with Gasteiger partial charge < -0.3 is 19.5 Å². The molecular weight excluding hydrogens is 360 g/mol. The van der Waals surface area contributed by atoms with E-state index >= 15 is 0 Å². The van der Waals surface area contributed by atoms with Crippen LogP contribution in [0.3, 0.4) is 0 Å². The van der Waals surface area contributed by atoms with Crippen molar-refractivity contribution >= 4 is 17.6 Å². The van der Waals surface area contributed by atoms with E-state index in [9.17, 15) is 18.4 Å². The number of amides is 1. The van der Waals surface area contributed by atoms with Crippen LogP contribution in [0.5, 0.6) is 5.75 Å². The maximum absolute atomic E-state index is 14.5. The molecule has 1 aromatic rings. The van der Waals surface area contributed by atoms with Gasteiger partial charge in [-0.2, -0.15) is 0 Å². The van der Waals surface area contributed by atoms with Crippen LogP contribution in [-0.2, 0) is 14.3 Å². The summed E-state index contributed by atoms with van der Waals surface area (Å²) in [6.45, 7) is 6.87. The van der Waals surface area contributed by atoms with E-state index in [4.69, 9.17) is 14.2 Å². The van der Waals surface area contributed by atoms with Crippen LogP contribution in [0.15, 0.2) is 6.07 Å². The molecular formula is C19H25F2NO5. The van der Waals surface area contributed by atoms with Crippen molar-refractivity contribution in [2.24, 2.45) is 5.41 Å². The number of rotatable bonds is 5. The van der Waals surface area contributed by atoms with Gasteiger partial charge in [0.2, 0.25) is 5.91 Å². The Morgan fingerprint density at radius 3 is 2.52 bits per heavy atom. The molecule has 150 valence electrons. The molecule has 0 radical (unpaired) electrons. The van der Waals surface area contributed by atoms with E-state index in [1.165, 1.54) is 0 Å². The Hall–Kier alpha value is -2.22. The molecule has 0 saturated carbocycles. The summed E-state index contributed by atoms with van der Waals surface area (Å²) in [6, 6.07) is 0.569. The van der Waals surface area contributed by atoms with Crippen LogP contribution < -0.4 is 10.1 Å². The maximum atomic E-state index is 14.5. The van der Waals surface area contributed by atoms with Crippen LogP contribution in [0, 0.1) is 17.0 Å². The van der Waals surface area contributed by atoms with Crippen molar-refractivity contribution < 1.29 is 32.6 Å². The van der Waals surface area contributed by atoms with Gasteiger partial charge in [-0.05, 0) is 19.8 Å². The molecule has 27 heavy (non-hydrogen) atoms. The van der Waals surface area contributed by atoms with Crippen LogP contribution in [0.2, 0.25) is 0 Å². The number of halogens is 2. The van der Waals surface area contributed by atoms with Crippen molar-refractivity contribution in [3.8, 4) is 5.75 Å². The molecule has 0 spiro atoms. The zero-order valence-corrected chi connectivity index (χ0v) is 16.0. The molecule has 1 saturated heterocycles. The lowest BCUT2D eigenvalue weighted by atomic mass is 9.95. The Bertz CT molecular complexity index is 709. The van der Waals surface area contributed by atoms with Crippen LogP contribution in [0.25, 0.3) is 0 Å². The first-order chi connectivity index (χ1) is 12.6. The van der Waals surface area contributed by atoms with E-state index in [2.05, 4.69) is 5.32 Å². The minimum absolute atomic E-state index is 0.0109. The quantitative estimate of drug-likeness (QED) is 0.775. The number of esters is 1. The SMILES string of the molecule is CCOC(=O)c1c(NC(=O)C(C)(C)C)c(F)cc(F)c1OC1CCCCO1. The first-order valence-electron chi connectivity index (χ1n) is 8.94. The fraction of sp³-hybridized carbons (Fsp3) is 0.579. The number of hydrogen-bond acceptors (Lipinski definition) is 5. The van der Waals surface area contributed by atoms with E-state index < -0.39 is 52.2 Å². The molecule has 6 nitrogen and oxygen atoms in total. The van der Waals surface area contributed by atoms with Crippen molar-refractivity contribution in [3.63, 3.8) is 0 Å². The summed E-state index contributed by atoms with van der Waals surface area (Å²) in [5, 5.41) is 2.36. The molecule has 1 aromatic carbocycles. The second-order valence-corrected chi connectivity index (χ2v) is 7.26. The molecule has 1 N–H and O–H groups in total. The summed E-state index contributed by atoms with van der Waals surface area (Å²) < 4.78 is 44.8. The third-order valence-electron chi connectivity index (χ3n) is 3.97. The summed E-state index contributed by atoms with van der Waals surface area (Å²) >= 11 is 0. The molecule has 1 aliphatic heterocycles. The number of anilines is 1. The third kappa shape index (κ3) is 5.15. The lowest BCUT2D eigenvalue weighted by molar-refractivity contribution is -0.123. The second kappa shape index (κ2) is 8.65. The van der Waals surface area contributed by atoms with Gasteiger partial charge in [0.05, 0.1) is 18.9 Å². The van der Waals surface area contributed by atoms with E-state index in [-0.39, 0.29) is 6.61 Å². The van der Waals surface area contributed by atoms with E-state index in [0.717, 1.165) is 12.8 Å². The lowest BCUT2D eigenvalue weighted by Crippen LogP contribution is -2.30. The maximum Gasteiger partial charge on any atom is 0.344 e. The third-order valence-corrected chi connectivity index (χ3v) is 3.97. The monoisotopic (exact) mass is 385 g/mol. The molecule has 1 atom stereocenters. The van der Waals surface area contributed by atoms with Crippen LogP contribution >= 0.6 is 0 Å². The van der Waals surface area contributed by atoms with Gasteiger partial charge >= 0.3 is 5.97 Å². The number of hydrogen-bond donors (Lipinski definition) is 1. The predicted octanol–water partition coefficient (Wildman–Crippen LogP) is 4.03. The van der Waals surface area contributed by atoms with E-state index in [0.29, 0.717) is 19.1 Å². The van der Waals surface area contributed by atoms with E-state index in [1.807, 2.05) is 0 Å². The molecule has 1 heterocycles. The van der Waals surface area contributed by atoms with Crippen molar-refractivity contribution in [3.05, 3.63) is 23.3 Å². The van der Waals surface area contributed by atoms with Crippen LogP contribution in [0.1, 0.15) is 57.3 Å². The van der Waals surface area contributed by atoms with Crippen molar-refractivity contribution in [2.45, 2.75) is 53.2 Å². The Kier molecular flexibility index (Phi) is 6.75. The van der Waals surface area contributed by atoms with Crippen molar-refractivity contribution in [1.29, 1.82) is 0 Å².